The monoisotopic (exact) mass is 759 g/mol. The van der Waals surface area contributed by atoms with Crippen LogP contribution in [0.25, 0.3) is 11.1 Å². The van der Waals surface area contributed by atoms with Gasteiger partial charge in [0, 0.05) is 81.3 Å². The molecule has 1 atom stereocenters. The van der Waals surface area contributed by atoms with E-state index in [9.17, 15) is 19.2 Å². The number of fused-ring (bicyclic) bond motifs is 1. The van der Waals surface area contributed by atoms with Crippen molar-refractivity contribution in [3.8, 4) is 5.75 Å². The average molecular weight is 760 g/mol. The summed E-state index contributed by atoms with van der Waals surface area (Å²) in [6, 6.07) is 33.9. The van der Waals surface area contributed by atoms with E-state index in [0.717, 1.165) is 59.7 Å². The molecule has 10 nitrogen and oxygen atoms in total. The molecule has 2 N–H and O–H groups in total. The van der Waals surface area contributed by atoms with Crippen LogP contribution in [-0.2, 0) is 20.9 Å². The molecule has 4 aromatic rings. The van der Waals surface area contributed by atoms with Crippen molar-refractivity contribution in [2.75, 3.05) is 57.1 Å². The lowest BCUT2D eigenvalue weighted by Crippen LogP contribution is -2.52. The Morgan fingerprint density at radius 1 is 0.800 bits per heavy atom. The Balaban J connectivity index is 0.870. The zero-order valence-electron chi connectivity index (χ0n) is 30.8. The summed E-state index contributed by atoms with van der Waals surface area (Å²) in [5.41, 5.74) is 7.93. The van der Waals surface area contributed by atoms with Gasteiger partial charge in [-0.05, 0) is 64.9 Å². The molecule has 1 unspecified atom stereocenters. The van der Waals surface area contributed by atoms with Gasteiger partial charge in [0.2, 0.25) is 17.7 Å². The van der Waals surface area contributed by atoms with Crippen LogP contribution in [0.2, 0.25) is 0 Å². The van der Waals surface area contributed by atoms with Crippen molar-refractivity contribution in [2.45, 2.75) is 38.3 Å². The molecule has 7 rings (SSSR count). The van der Waals surface area contributed by atoms with Gasteiger partial charge in [0.1, 0.15) is 18.4 Å². The number of carbonyl (C=O) groups is 4. The molecule has 4 aromatic carbocycles. The van der Waals surface area contributed by atoms with E-state index in [-0.39, 0.29) is 30.7 Å². The van der Waals surface area contributed by atoms with Gasteiger partial charge in [-0.15, -0.1) is 11.6 Å². The molecule has 3 aliphatic heterocycles. The Hall–Kier alpha value is -5.45. The Morgan fingerprint density at radius 3 is 2.18 bits per heavy atom. The van der Waals surface area contributed by atoms with Crippen LogP contribution in [0.1, 0.15) is 58.3 Å². The molecular formula is C44H46ClN5O5. The van der Waals surface area contributed by atoms with Crippen LogP contribution in [0.3, 0.4) is 0 Å². The van der Waals surface area contributed by atoms with Gasteiger partial charge in [-0.25, -0.2) is 0 Å². The summed E-state index contributed by atoms with van der Waals surface area (Å²) >= 11 is 6.32. The van der Waals surface area contributed by atoms with E-state index in [1.807, 2.05) is 35.2 Å². The zero-order chi connectivity index (χ0) is 38.1. The van der Waals surface area contributed by atoms with E-state index in [1.54, 1.807) is 12.1 Å². The lowest BCUT2D eigenvalue weighted by Gasteiger charge is -2.34. The molecule has 3 heterocycles. The molecule has 11 heteroatoms. The molecule has 0 spiro atoms. The van der Waals surface area contributed by atoms with Crippen molar-refractivity contribution >= 4 is 52.1 Å². The van der Waals surface area contributed by atoms with Gasteiger partial charge in [-0.3, -0.25) is 29.4 Å². The first kappa shape index (κ1) is 37.8. The van der Waals surface area contributed by atoms with Crippen LogP contribution in [0.15, 0.2) is 103 Å². The molecule has 2 fully saturated rings. The Morgan fingerprint density at radius 2 is 1.49 bits per heavy atom. The topological polar surface area (TPSA) is 111 Å². The van der Waals surface area contributed by atoms with Crippen LogP contribution in [0, 0.1) is 0 Å². The third kappa shape index (κ3) is 8.93. The maximum atomic E-state index is 13.1. The molecule has 55 heavy (non-hydrogen) atoms. The molecular weight excluding hydrogens is 714 g/mol. The van der Waals surface area contributed by atoms with Crippen molar-refractivity contribution in [1.82, 2.24) is 20.0 Å². The van der Waals surface area contributed by atoms with Crippen LogP contribution in [0.5, 0.6) is 5.75 Å². The largest absolute Gasteiger partial charge is 0.492 e. The normalized spacial score (nSPS) is 17.8. The maximum absolute atomic E-state index is 13.1. The second kappa shape index (κ2) is 17.8. The minimum absolute atomic E-state index is 0.0858. The number of rotatable bonds is 14. The molecule has 284 valence electrons. The predicted molar refractivity (Wildman–Crippen MR) is 215 cm³/mol. The van der Waals surface area contributed by atoms with Crippen molar-refractivity contribution in [2.24, 2.45) is 0 Å². The van der Waals surface area contributed by atoms with Gasteiger partial charge in [0.05, 0.1) is 0 Å². The van der Waals surface area contributed by atoms with Crippen molar-refractivity contribution in [3.05, 3.63) is 131 Å². The molecule has 4 amide bonds. The first-order valence-corrected chi connectivity index (χ1v) is 19.6. The summed E-state index contributed by atoms with van der Waals surface area (Å²) < 4.78 is 6.18. The van der Waals surface area contributed by atoms with Crippen LogP contribution < -0.4 is 15.4 Å². The number of halogens is 1. The molecule has 2 saturated heterocycles. The third-order valence-corrected chi connectivity index (χ3v) is 10.8. The van der Waals surface area contributed by atoms with Gasteiger partial charge >= 0.3 is 0 Å². The third-order valence-electron chi connectivity index (χ3n) is 10.6. The number of hydrogen-bond acceptors (Lipinski definition) is 7. The Kier molecular flexibility index (Phi) is 12.2. The Bertz CT molecular complexity index is 2030. The highest BCUT2D eigenvalue weighted by atomic mass is 35.5. The smallest absolute Gasteiger partial charge is 0.255 e. The van der Waals surface area contributed by atoms with E-state index >= 15 is 0 Å². The molecule has 0 aliphatic carbocycles. The highest BCUT2D eigenvalue weighted by molar-refractivity contribution is 6.18. The number of alkyl halides is 1. The minimum atomic E-state index is -0.666. The average Bonchev–Trinajstić information content (AvgIpc) is 3.55. The number of nitrogens with one attached hydrogen (secondary N) is 2. The number of benzene rings is 4. The van der Waals surface area contributed by atoms with Crippen molar-refractivity contribution in [3.63, 3.8) is 0 Å². The molecule has 0 saturated carbocycles. The SMILES string of the molecule is O=C1CCC(N2Cc3c(NCCC(=O)N4CCN(CCOc5ccc(/C(=C(/CCCl)c6ccccc6)c6ccccc6)cc5)CC4)cccc3C2=O)C(=O)N1. The summed E-state index contributed by atoms with van der Waals surface area (Å²) in [6.07, 6.45) is 1.60. The van der Waals surface area contributed by atoms with Gasteiger partial charge in [-0.2, -0.15) is 0 Å². The van der Waals surface area contributed by atoms with Crippen LogP contribution in [0.4, 0.5) is 5.69 Å². The molecule has 0 aromatic heterocycles. The highest BCUT2D eigenvalue weighted by Gasteiger charge is 2.39. The quantitative estimate of drug-likeness (QED) is 0.0914. The number of amides is 4. The second-order valence-electron chi connectivity index (χ2n) is 14.0. The molecule has 3 aliphatic rings. The van der Waals surface area contributed by atoms with Crippen molar-refractivity contribution in [1.29, 1.82) is 0 Å². The first-order valence-electron chi connectivity index (χ1n) is 19.0. The number of anilines is 1. The van der Waals surface area contributed by atoms with Gasteiger partial charge < -0.3 is 19.9 Å². The summed E-state index contributed by atoms with van der Waals surface area (Å²) in [4.78, 5) is 56.1. The minimum Gasteiger partial charge on any atom is -0.492 e. The Labute approximate surface area is 327 Å². The van der Waals surface area contributed by atoms with Crippen LogP contribution in [-0.4, -0.2) is 96.1 Å². The van der Waals surface area contributed by atoms with E-state index in [2.05, 4.69) is 76.2 Å². The number of nitrogens with zero attached hydrogens (tertiary/aromatic N) is 3. The first-order chi connectivity index (χ1) is 26.9. The number of hydrogen-bond donors (Lipinski definition) is 2. The number of imide groups is 1. The van der Waals surface area contributed by atoms with Crippen molar-refractivity contribution < 1.29 is 23.9 Å². The fraction of sp³-hybridized carbons (Fsp3) is 0.318. The van der Waals surface area contributed by atoms with Gasteiger partial charge in [-0.1, -0.05) is 78.9 Å². The molecule has 0 radical (unpaired) electrons. The molecule has 0 bridgehead atoms. The van der Waals surface area contributed by atoms with Crippen LogP contribution >= 0.6 is 11.6 Å². The number of allylic oxidation sites excluding steroid dienone is 1. The lowest BCUT2D eigenvalue weighted by atomic mass is 9.88. The van der Waals surface area contributed by atoms with Gasteiger partial charge in [0.25, 0.3) is 5.91 Å². The fourth-order valence-corrected chi connectivity index (χ4v) is 7.90. The second-order valence-corrected chi connectivity index (χ2v) is 14.4. The fourth-order valence-electron chi connectivity index (χ4n) is 7.71. The number of carbonyl (C=O) groups excluding carboxylic acids is 4. The van der Waals surface area contributed by atoms with E-state index in [0.29, 0.717) is 50.5 Å². The van der Waals surface area contributed by atoms with E-state index in [1.165, 1.54) is 16.0 Å². The summed E-state index contributed by atoms with van der Waals surface area (Å²) in [7, 11) is 0. The van der Waals surface area contributed by atoms with Gasteiger partial charge in [0.15, 0.2) is 0 Å². The maximum Gasteiger partial charge on any atom is 0.255 e. The lowest BCUT2D eigenvalue weighted by molar-refractivity contribution is -0.137. The number of piperazine rings is 1. The highest BCUT2D eigenvalue weighted by Crippen LogP contribution is 2.36. The summed E-state index contributed by atoms with van der Waals surface area (Å²) in [6.45, 7) is 4.89. The number of ether oxygens (including phenoxy) is 1. The van der Waals surface area contributed by atoms with E-state index < -0.39 is 11.9 Å². The summed E-state index contributed by atoms with van der Waals surface area (Å²) in [5.74, 6) is 0.465. The zero-order valence-corrected chi connectivity index (χ0v) is 31.6. The van der Waals surface area contributed by atoms with E-state index in [4.69, 9.17) is 16.3 Å². The summed E-state index contributed by atoms with van der Waals surface area (Å²) in [5, 5.41) is 5.69. The predicted octanol–water partition coefficient (Wildman–Crippen LogP) is 6.06. The number of piperidine rings is 1. The standard InChI is InChI=1S/C44H46ClN5O5/c45-22-20-35(31-8-3-1-4-9-31)42(32-10-5-2-6-11-32)33-14-16-34(17-15-33)55-29-28-48-24-26-49(27-25-48)41(52)21-23-46-38-13-7-12-36-37(38)30-50(44(36)54)39-18-19-40(51)47-43(39)53/h1-17,39,46H,18-30H2,(H,47,51,53)/b42-35-.